The molecule has 1 saturated heterocycles. The van der Waals surface area contributed by atoms with E-state index in [1.54, 1.807) is 42.5 Å². The van der Waals surface area contributed by atoms with Crippen LogP contribution in [0.2, 0.25) is 0 Å². The molecule has 0 spiro atoms. The normalized spacial score (nSPS) is 16.7. The van der Waals surface area contributed by atoms with Crippen molar-refractivity contribution in [3.8, 4) is 5.75 Å². The first-order chi connectivity index (χ1) is 16.9. The van der Waals surface area contributed by atoms with Gasteiger partial charge in [-0.05, 0) is 67.9 Å². The maximum Gasteiger partial charge on any atom is 0.415 e. The summed E-state index contributed by atoms with van der Waals surface area (Å²) >= 11 is 0. The smallest absolute Gasteiger partial charge is 0.415 e. The Morgan fingerprint density at radius 3 is 2.54 bits per heavy atom. The van der Waals surface area contributed by atoms with Gasteiger partial charge >= 0.3 is 6.09 Å². The lowest BCUT2D eigenvalue weighted by molar-refractivity contribution is 0.0684. The van der Waals surface area contributed by atoms with Crippen molar-refractivity contribution in [2.45, 2.75) is 25.5 Å². The zero-order valence-corrected chi connectivity index (χ0v) is 19.7. The van der Waals surface area contributed by atoms with Crippen molar-refractivity contribution in [2.24, 2.45) is 0 Å². The van der Waals surface area contributed by atoms with Crippen LogP contribution in [0, 0.1) is 0 Å². The van der Waals surface area contributed by atoms with Crippen LogP contribution in [0.3, 0.4) is 0 Å². The average Bonchev–Trinajstić information content (AvgIpc) is 3.12. The summed E-state index contributed by atoms with van der Waals surface area (Å²) in [7, 11) is 1.61. The second kappa shape index (κ2) is 8.76. The van der Waals surface area contributed by atoms with Gasteiger partial charge in [0.15, 0.2) is 0 Å². The van der Waals surface area contributed by atoms with Crippen LogP contribution in [0.1, 0.15) is 35.8 Å². The first-order valence-corrected chi connectivity index (χ1v) is 11.3. The topological polar surface area (TPSA) is 80.8 Å². The number of anilines is 2. The molecular formula is C28H25N3O4. The number of carbonyl (C=O) groups excluding carboxylic acids is 2. The fraction of sp³-hybridized carbons (Fsp3) is 0.179. The number of pyridine rings is 1. The fourth-order valence-electron chi connectivity index (χ4n) is 4.54. The summed E-state index contributed by atoms with van der Waals surface area (Å²) in [4.78, 5) is 31.9. The van der Waals surface area contributed by atoms with Crippen molar-refractivity contribution in [1.82, 2.24) is 4.98 Å². The highest BCUT2D eigenvalue weighted by Crippen LogP contribution is 2.44. The predicted octanol–water partition coefficient (Wildman–Crippen LogP) is 5.97. The van der Waals surface area contributed by atoms with Gasteiger partial charge in [-0.25, -0.2) is 4.79 Å². The molecule has 1 aliphatic heterocycles. The molecule has 7 nitrogen and oxygen atoms in total. The second-order valence-corrected chi connectivity index (χ2v) is 8.90. The Labute approximate surface area is 203 Å². The first kappa shape index (κ1) is 22.4. The zero-order chi connectivity index (χ0) is 24.6. The summed E-state index contributed by atoms with van der Waals surface area (Å²) in [6.45, 7) is 3.77. The van der Waals surface area contributed by atoms with E-state index in [2.05, 4.69) is 10.3 Å². The van der Waals surface area contributed by atoms with Gasteiger partial charge < -0.3 is 14.8 Å². The van der Waals surface area contributed by atoms with E-state index in [1.165, 1.54) is 0 Å². The van der Waals surface area contributed by atoms with Crippen LogP contribution in [-0.4, -0.2) is 29.7 Å². The van der Waals surface area contributed by atoms with Crippen LogP contribution in [0.25, 0.3) is 10.9 Å². The number of amides is 2. The van der Waals surface area contributed by atoms with Crippen molar-refractivity contribution in [1.29, 1.82) is 0 Å². The number of aromatic nitrogens is 1. The molecule has 0 unspecified atom stereocenters. The van der Waals surface area contributed by atoms with E-state index in [4.69, 9.17) is 9.47 Å². The number of rotatable bonds is 5. The molecule has 5 rings (SSSR count). The Balaban J connectivity index is 1.42. The molecule has 7 heteroatoms. The number of cyclic esters (lactones) is 1. The highest BCUT2D eigenvalue weighted by Gasteiger charge is 2.49. The lowest BCUT2D eigenvalue weighted by Gasteiger charge is -2.29. The van der Waals surface area contributed by atoms with Crippen LogP contribution in [-0.2, 0) is 4.74 Å². The molecule has 3 aromatic carbocycles. The van der Waals surface area contributed by atoms with Gasteiger partial charge in [-0.1, -0.05) is 30.3 Å². The maximum absolute atomic E-state index is 13.0. The van der Waals surface area contributed by atoms with Crippen LogP contribution < -0.4 is 15.0 Å². The summed E-state index contributed by atoms with van der Waals surface area (Å²) < 4.78 is 11.1. The minimum Gasteiger partial charge on any atom is -0.497 e. The third-order valence-electron chi connectivity index (χ3n) is 6.16. The molecule has 1 atom stereocenters. The van der Waals surface area contributed by atoms with Crippen molar-refractivity contribution in [3.05, 3.63) is 96.2 Å². The molecule has 0 radical (unpaired) electrons. The van der Waals surface area contributed by atoms with Gasteiger partial charge in [-0.3, -0.25) is 14.7 Å². The van der Waals surface area contributed by atoms with E-state index in [9.17, 15) is 9.59 Å². The van der Waals surface area contributed by atoms with Crippen molar-refractivity contribution >= 4 is 34.3 Å². The molecule has 0 bridgehead atoms. The van der Waals surface area contributed by atoms with Gasteiger partial charge in [-0.15, -0.1) is 0 Å². The van der Waals surface area contributed by atoms with Gasteiger partial charge in [0.25, 0.3) is 5.91 Å². The molecule has 1 aromatic heterocycles. The third-order valence-corrected chi connectivity index (χ3v) is 6.16. The quantitative estimate of drug-likeness (QED) is 0.391. The van der Waals surface area contributed by atoms with Crippen LogP contribution in [0.5, 0.6) is 5.75 Å². The Morgan fingerprint density at radius 1 is 1.03 bits per heavy atom. The molecule has 176 valence electrons. The van der Waals surface area contributed by atoms with E-state index in [-0.39, 0.29) is 11.9 Å². The summed E-state index contributed by atoms with van der Waals surface area (Å²) in [6.07, 6.45) is 1.25. The van der Waals surface area contributed by atoms with E-state index in [0.29, 0.717) is 22.7 Å². The Bertz CT molecular complexity index is 1410. The largest absolute Gasteiger partial charge is 0.497 e. The predicted molar refractivity (Wildman–Crippen MR) is 135 cm³/mol. The lowest BCUT2D eigenvalue weighted by Crippen LogP contribution is -2.33. The van der Waals surface area contributed by atoms with E-state index in [0.717, 1.165) is 16.5 Å². The van der Waals surface area contributed by atoms with Gasteiger partial charge in [0, 0.05) is 22.8 Å². The number of fused-ring (bicyclic) bond motifs is 1. The van der Waals surface area contributed by atoms with Gasteiger partial charge in [0.05, 0.1) is 18.3 Å². The van der Waals surface area contributed by atoms with Crippen molar-refractivity contribution in [2.75, 3.05) is 17.3 Å². The number of hydrogen-bond acceptors (Lipinski definition) is 5. The molecule has 0 aliphatic carbocycles. The average molecular weight is 468 g/mol. The second-order valence-electron chi connectivity index (χ2n) is 8.90. The highest BCUT2D eigenvalue weighted by atomic mass is 16.6. The fourth-order valence-corrected chi connectivity index (χ4v) is 4.54. The zero-order valence-electron chi connectivity index (χ0n) is 19.7. The van der Waals surface area contributed by atoms with Gasteiger partial charge in [0.1, 0.15) is 17.4 Å². The molecule has 35 heavy (non-hydrogen) atoms. The number of nitrogens with one attached hydrogen (secondary N) is 1. The Morgan fingerprint density at radius 2 is 1.77 bits per heavy atom. The maximum atomic E-state index is 13.0. The van der Waals surface area contributed by atoms with Crippen LogP contribution in [0.15, 0.2) is 85.1 Å². The first-order valence-electron chi connectivity index (χ1n) is 11.3. The molecule has 0 saturated carbocycles. The monoisotopic (exact) mass is 467 g/mol. The third kappa shape index (κ3) is 4.17. The molecule has 2 amide bonds. The van der Waals surface area contributed by atoms with E-state index >= 15 is 0 Å². The number of hydrogen-bond donors (Lipinski definition) is 1. The summed E-state index contributed by atoms with van der Waals surface area (Å²) in [5.74, 6) is 0.441. The molecule has 2 heterocycles. The SMILES string of the molecule is COc1cccc([C@H]2N(c3ccc(C(=O)Nc4cccc5cccnc45)cc3)C(=O)OC2(C)C)c1. The molecule has 1 aliphatic rings. The molecular weight excluding hydrogens is 442 g/mol. The minimum absolute atomic E-state index is 0.261. The highest BCUT2D eigenvalue weighted by molar-refractivity contribution is 6.08. The standard InChI is InChI=1S/C28H25N3O4/c1-28(2)25(20-8-4-10-22(17-20)34-3)31(27(33)35-28)21-14-12-19(13-15-21)26(32)30-23-11-5-7-18-9-6-16-29-24(18)23/h4-17,25H,1-3H3,(H,30,32)/t25-/m1/s1. The van der Waals surface area contributed by atoms with E-state index in [1.807, 2.05) is 68.4 Å². The molecule has 1 fully saturated rings. The molecule has 1 N–H and O–H groups in total. The van der Waals surface area contributed by atoms with Gasteiger partial charge in [-0.2, -0.15) is 0 Å². The molecule has 4 aromatic rings. The number of ether oxygens (including phenoxy) is 2. The number of benzene rings is 3. The van der Waals surface area contributed by atoms with E-state index < -0.39 is 11.7 Å². The van der Waals surface area contributed by atoms with Crippen LogP contribution in [0.4, 0.5) is 16.2 Å². The van der Waals surface area contributed by atoms with Crippen molar-refractivity contribution in [3.63, 3.8) is 0 Å². The number of nitrogens with zero attached hydrogens (tertiary/aromatic N) is 2. The Kier molecular flexibility index (Phi) is 5.61. The number of carbonyl (C=O) groups is 2. The summed E-state index contributed by atoms with van der Waals surface area (Å²) in [5, 5.41) is 3.88. The lowest BCUT2D eigenvalue weighted by atomic mass is 9.91. The van der Waals surface area contributed by atoms with Crippen LogP contribution >= 0.6 is 0 Å². The van der Waals surface area contributed by atoms with Gasteiger partial charge in [0.2, 0.25) is 0 Å². The summed E-state index contributed by atoms with van der Waals surface area (Å²) in [5.41, 5.74) is 2.60. The number of para-hydroxylation sites is 1. The minimum atomic E-state index is -0.763. The Hall–Kier alpha value is -4.39. The number of methoxy groups -OCH3 is 1. The van der Waals surface area contributed by atoms with Crippen molar-refractivity contribution < 1.29 is 19.1 Å². The summed E-state index contributed by atoms with van der Waals surface area (Å²) in [6, 6.07) is 23.6.